The number of pyridine rings is 1. The lowest BCUT2D eigenvalue weighted by Gasteiger charge is -2.02. The molecule has 0 saturated heterocycles. The van der Waals surface area contributed by atoms with Gasteiger partial charge in [-0.15, -0.1) is 10.2 Å². The first-order chi connectivity index (χ1) is 11.4. The predicted octanol–water partition coefficient (Wildman–Crippen LogP) is 3.45. The summed E-state index contributed by atoms with van der Waals surface area (Å²) < 4.78 is 7.27. The Hall–Kier alpha value is -2.93. The first-order valence-electron chi connectivity index (χ1n) is 6.89. The van der Waals surface area contributed by atoms with Crippen LogP contribution >= 0.6 is 11.8 Å². The number of hydrogen-bond donors (Lipinski definition) is 0. The summed E-state index contributed by atoms with van der Waals surface area (Å²) in [7, 11) is 0. The molecule has 0 fully saturated rings. The molecule has 0 unspecified atom stereocenters. The lowest BCUT2D eigenvalue weighted by Crippen LogP contribution is -1.84. The van der Waals surface area contributed by atoms with Gasteiger partial charge in [-0.3, -0.25) is 4.98 Å². The summed E-state index contributed by atoms with van der Waals surface area (Å²) in [5.74, 6) is 0.661. The number of fused-ring (bicyclic) bond motifs is 1. The first-order valence-corrected chi connectivity index (χ1v) is 7.70. The van der Waals surface area contributed by atoms with Crippen molar-refractivity contribution in [2.45, 2.75) is 9.99 Å². The van der Waals surface area contributed by atoms with Crippen molar-refractivity contribution >= 4 is 28.9 Å². The van der Waals surface area contributed by atoms with Gasteiger partial charge in [0.15, 0.2) is 5.09 Å². The second-order valence-electron chi connectivity index (χ2n) is 4.68. The van der Waals surface area contributed by atoms with Gasteiger partial charge in [0.1, 0.15) is 18.4 Å². The van der Waals surface area contributed by atoms with Crippen LogP contribution in [0.4, 0.5) is 0 Å². The summed E-state index contributed by atoms with van der Waals surface area (Å²) in [6.45, 7) is 0. The average Bonchev–Trinajstić information content (AvgIpc) is 3.25. The maximum atomic E-state index is 5.77. The van der Waals surface area contributed by atoms with Gasteiger partial charge >= 0.3 is 0 Å². The third-order valence-electron chi connectivity index (χ3n) is 3.13. The van der Waals surface area contributed by atoms with Crippen LogP contribution in [0.3, 0.4) is 0 Å². The van der Waals surface area contributed by atoms with E-state index in [2.05, 4.69) is 20.3 Å². The molecule has 112 valence electrons. The summed E-state index contributed by atoms with van der Waals surface area (Å²) in [4.78, 5) is 5.50. The summed E-state index contributed by atoms with van der Waals surface area (Å²) in [5, 5.41) is 13.4. The van der Waals surface area contributed by atoms with E-state index >= 15 is 0 Å². The number of nitrogens with zero attached hydrogens (tertiary/aromatic N) is 5. The van der Waals surface area contributed by atoms with Crippen LogP contribution in [0.25, 0.3) is 10.9 Å². The van der Waals surface area contributed by atoms with Crippen molar-refractivity contribution in [2.75, 3.05) is 0 Å². The van der Waals surface area contributed by atoms with Gasteiger partial charge in [0, 0.05) is 16.5 Å². The molecular formula is C16H11N5OS. The molecule has 23 heavy (non-hydrogen) atoms. The Morgan fingerprint density at radius 3 is 2.83 bits per heavy atom. The third kappa shape index (κ3) is 3.00. The van der Waals surface area contributed by atoms with Crippen LogP contribution in [0, 0.1) is 0 Å². The Balaban J connectivity index is 1.57. The van der Waals surface area contributed by atoms with Gasteiger partial charge in [0.05, 0.1) is 11.7 Å². The molecule has 7 heteroatoms. The smallest absolute Gasteiger partial charge is 0.165 e. The maximum Gasteiger partial charge on any atom is 0.165 e. The number of rotatable bonds is 4. The highest BCUT2D eigenvalue weighted by molar-refractivity contribution is 7.99. The Morgan fingerprint density at radius 2 is 1.91 bits per heavy atom. The van der Waals surface area contributed by atoms with Crippen LogP contribution in [0.1, 0.15) is 5.76 Å². The van der Waals surface area contributed by atoms with Crippen LogP contribution in [0.2, 0.25) is 0 Å². The third-order valence-corrected chi connectivity index (χ3v) is 4.10. The van der Waals surface area contributed by atoms with E-state index in [-0.39, 0.29) is 0 Å². The summed E-state index contributed by atoms with van der Waals surface area (Å²) >= 11 is 1.54. The molecule has 0 bridgehead atoms. The van der Waals surface area contributed by atoms with Crippen molar-refractivity contribution in [1.82, 2.24) is 19.9 Å². The first kappa shape index (κ1) is 13.7. The van der Waals surface area contributed by atoms with E-state index in [1.54, 1.807) is 12.4 Å². The largest absolute Gasteiger partial charge is 0.448 e. The minimum atomic E-state index is 0.661. The van der Waals surface area contributed by atoms with Gasteiger partial charge in [-0.05, 0) is 36.0 Å². The molecule has 6 nitrogen and oxygen atoms in total. The molecule has 0 aliphatic rings. The van der Waals surface area contributed by atoms with Crippen molar-refractivity contribution in [1.29, 1.82) is 0 Å². The molecule has 0 N–H and O–H groups in total. The Kier molecular flexibility index (Phi) is 3.61. The highest BCUT2D eigenvalue weighted by Crippen LogP contribution is 2.33. The molecule has 4 aromatic rings. The molecule has 0 atom stereocenters. The zero-order valence-corrected chi connectivity index (χ0v) is 12.7. The van der Waals surface area contributed by atoms with E-state index in [9.17, 15) is 0 Å². The van der Waals surface area contributed by atoms with Crippen molar-refractivity contribution < 1.29 is 4.42 Å². The van der Waals surface area contributed by atoms with Crippen molar-refractivity contribution in [3.8, 4) is 0 Å². The normalized spacial score (nSPS) is 11.5. The van der Waals surface area contributed by atoms with Crippen LogP contribution in [-0.4, -0.2) is 26.1 Å². The van der Waals surface area contributed by atoms with E-state index in [4.69, 9.17) is 4.42 Å². The minimum Gasteiger partial charge on any atom is -0.448 e. The van der Waals surface area contributed by atoms with E-state index in [0.717, 1.165) is 20.9 Å². The van der Waals surface area contributed by atoms with Gasteiger partial charge in [0.2, 0.25) is 0 Å². The van der Waals surface area contributed by atoms with Crippen LogP contribution in [0.5, 0.6) is 0 Å². The number of aromatic nitrogens is 4. The fourth-order valence-electron chi connectivity index (χ4n) is 2.10. The molecule has 0 aliphatic carbocycles. The van der Waals surface area contributed by atoms with Gasteiger partial charge in [-0.1, -0.05) is 18.2 Å². The molecule has 4 rings (SSSR count). The van der Waals surface area contributed by atoms with Gasteiger partial charge in [0.25, 0.3) is 0 Å². The standard InChI is InChI=1S/C16H11N5OS/c1-3-12-4-2-8-17-16(12)14(5-1)23-15-7-6-13(22-15)9-20-21-10-18-19-11-21/h1-11H. The quantitative estimate of drug-likeness (QED) is 0.538. The Labute approximate surface area is 135 Å². The molecule has 0 aliphatic heterocycles. The van der Waals surface area contributed by atoms with E-state index in [0.29, 0.717) is 5.76 Å². The molecule has 0 spiro atoms. The van der Waals surface area contributed by atoms with E-state index in [1.807, 2.05) is 42.5 Å². The lowest BCUT2D eigenvalue weighted by atomic mass is 10.2. The summed E-state index contributed by atoms with van der Waals surface area (Å²) in [5.41, 5.74) is 0.969. The van der Waals surface area contributed by atoms with Crippen LogP contribution in [0.15, 0.2) is 80.8 Å². The van der Waals surface area contributed by atoms with Crippen molar-refractivity contribution in [2.24, 2.45) is 5.10 Å². The average molecular weight is 321 g/mol. The number of hydrogen-bond acceptors (Lipinski definition) is 6. The van der Waals surface area contributed by atoms with Gasteiger partial charge < -0.3 is 4.42 Å². The highest BCUT2D eigenvalue weighted by atomic mass is 32.2. The second-order valence-corrected chi connectivity index (χ2v) is 5.72. The van der Waals surface area contributed by atoms with E-state index < -0.39 is 0 Å². The Morgan fingerprint density at radius 1 is 1.04 bits per heavy atom. The fourth-order valence-corrected chi connectivity index (χ4v) is 3.01. The predicted molar refractivity (Wildman–Crippen MR) is 87.6 cm³/mol. The minimum absolute atomic E-state index is 0.661. The SMILES string of the molecule is C(=Nn1cnnc1)c1ccc(Sc2cccc3cccnc23)o1. The van der Waals surface area contributed by atoms with Crippen LogP contribution < -0.4 is 0 Å². The highest BCUT2D eigenvalue weighted by Gasteiger charge is 2.07. The maximum absolute atomic E-state index is 5.77. The second kappa shape index (κ2) is 6.05. The zero-order valence-electron chi connectivity index (χ0n) is 11.9. The molecule has 1 aromatic carbocycles. The topological polar surface area (TPSA) is 69.1 Å². The lowest BCUT2D eigenvalue weighted by molar-refractivity contribution is 0.468. The molecular weight excluding hydrogens is 310 g/mol. The van der Waals surface area contributed by atoms with E-state index in [1.165, 1.54) is 29.1 Å². The van der Waals surface area contributed by atoms with Crippen LogP contribution in [-0.2, 0) is 0 Å². The van der Waals surface area contributed by atoms with Crippen molar-refractivity contribution in [3.63, 3.8) is 0 Å². The monoisotopic (exact) mass is 321 g/mol. The zero-order chi connectivity index (χ0) is 15.5. The Bertz CT molecular complexity index is 956. The molecule has 3 aromatic heterocycles. The molecule has 0 radical (unpaired) electrons. The summed E-state index contributed by atoms with van der Waals surface area (Å²) in [6.07, 6.45) is 6.44. The van der Waals surface area contributed by atoms with Gasteiger partial charge in [-0.25, -0.2) is 4.68 Å². The molecule has 0 amide bonds. The number of furan rings is 1. The fraction of sp³-hybridized carbons (Fsp3) is 0. The van der Waals surface area contributed by atoms with Gasteiger partial charge in [-0.2, -0.15) is 5.10 Å². The number of benzene rings is 1. The number of para-hydroxylation sites is 1. The van der Waals surface area contributed by atoms with Crippen molar-refractivity contribution in [3.05, 3.63) is 67.1 Å². The molecule has 3 heterocycles. The molecule has 0 saturated carbocycles. The summed E-state index contributed by atoms with van der Waals surface area (Å²) in [6, 6.07) is 13.9.